The summed E-state index contributed by atoms with van der Waals surface area (Å²) in [6.45, 7) is 4.30. The lowest BCUT2D eigenvalue weighted by atomic mass is 10.3. The van der Waals surface area contributed by atoms with Crippen LogP contribution < -0.4 is 5.32 Å². The summed E-state index contributed by atoms with van der Waals surface area (Å²) in [5.41, 5.74) is 0.103. The molecule has 0 saturated heterocycles. The van der Waals surface area contributed by atoms with Gasteiger partial charge in [0.25, 0.3) is 5.69 Å². The molecule has 0 bridgehead atoms. The van der Waals surface area contributed by atoms with Crippen molar-refractivity contribution in [2.24, 2.45) is 0 Å². The van der Waals surface area contributed by atoms with Crippen LogP contribution in [0.2, 0.25) is 0 Å². The number of nitro benzene ring substituents is 1. The summed E-state index contributed by atoms with van der Waals surface area (Å²) in [6, 6.07) is 3.69. The van der Waals surface area contributed by atoms with E-state index >= 15 is 0 Å². The number of hydrogen-bond donors (Lipinski definition) is 1. The number of non-ortho nitro benzene ring substituents is 1. The van der Waals surface area contributed by atoms with E-state index in [1.54, 1.807) is 13.8 Å². The van der Waals surface area contributed by atoms with Crippen LogP contribution in [0.3, 0.4) is 0 Å². The van der Waals surface area contributed by atoms with E-state index in [9.17, 15) is 18.5 Å². The highest BCUT2D eigenvalue weighted by atomic mass is 32.2. The second-order valence-corrected chi connectivity index (χ2v) is 5.90. The van der Waals surface area contributed by atoms with Gasteiger partial charge < -0.3 is 5.32 Å². The first-order valence-electron chi connectivity index (χ1n) is 5.83. The number of rotatable bonds is 6. The van der Waals surface area contributed by atoms with Gasteiger partial charge >= 0.3 is 0 Å². The lowest BCUT2D eigenvalue weighted by Gasteiger charge is -2.17. The number of hydrogen-bond acceptors (Lipinski definition) is 5. The molecule has 106 valence electrons. The molecule has 0 aliphatic carbocycles. The second-order valence-electron chi connectivity index (χ2n) is 3.89. The summed E-state index contributed by atoms with van der Waals surface area (Å²) in [6.07, 6.45) is 0. The third-order valence-electron chi connectivity index (χ3n) is 2.67. The number of anilines is 1. The fraction of sp³-hybridized carbons (Fsp3) is 0.455. The van der Waals surface area contributed by atoms with Gasteiger partial charge in [0.2, 0.25) is 10.0 Å². The molecule has 0 aliphatic rings. The third kappa shape index (κ3) is 3.21. The highest BCUT2D eigenvalue weighted by Crippen LogP contribution is 2.28. The minimum Gasteiger partial charge on any atom is -0.384 e. The Bertz CT molecular complexity index is 571. The van der Waals surface area contributed by atoms with Crippen LogP contribution in [0, 0.1) is 10.1 Å². The second kappa shape index (κ2) is 5.98. The standard InChI is InChI=1S/C11H17N3O4S/c1-4-12-10-8-9(14(15)16)6-7-11(10)19(17,18)13(3)5-2/h6-8,12H,4-5H2,1-3H3. The molecule has 0 spiro atoms. The SMILES string of the molecule is CCNc1cc([N+](=O)[O-])ccc1S(=O)(=O)N(C)CC. The molecule has 1 aromatic carbocycles. The lowest BCUT2D eigenvalue weighted by Crippen LogP contribution is -2.27. The predicted molar refractivity (Wildman–Crippen MR) is 72.7 cm³/mol. The normalized spacial score (nSPS) is 11.6. The molecule has 0 saturated carbocycles. The van der Waals surface area contributed by atoms with Gasteiger partial charge in [-0.05, 0) is 13.0 Å². The van der Waals surface area contributed by atoms with Gasteiger partial charge in [-0.15, -0.1) is 0 Å². The largest absolute Gasteiger partial charge is 0.384 e. The van der Waals surface area contributed by atoms with Crippen LogP contribution in [0.25, 0.3) is 0 Å². The van der Waals surface area contributed by atoms with Crippen LogP contribution in [-0.4, -0.2) is 37.8 Å². The zero-order valence-corrected chi connectivity index (χ0v) is 11.9. The number of nitrogens with one attached hydrogen (secondary N) is 1. The molecule has 1 N–H and O–H groups in total. The summed E-state index contributed by atoms with van der Waals surface area (Å²) in [4.78, 5) is 10.2. The Morgan fingerprint density at radius 3 is 2.47 bits per heavy atom. The van der Waals surface area contributed by atoms with E-state index in [1.807, 2.05) is 0 Å². The van der Waals surface area contributed by atoms with Gasteiger partial charge in [0.1, 0.15) is 4.90 Å². The van der Waals surface area contributed by atoms with Crippen molar-refractivity contribution in [1.29, 1.82) is 0 Å². The molecular formula is C11H17N3O4S. The maximum absolute atomic E-state index is 12.3. The van der Waals surface area contributed by atoms with E-state index in [-0.39, 0.29) is 16.3 Å². The van der Waals surface area contributed by atoms with E-state index in [2.05, 4.69) is 5.32 Å². The first-order valence-corrected chi connectivity index (χ1v) is 7.27. The highest BCUT2D eigenvalue weighted by molar-refractivity contribution is 7.89. The predicted octanol–water partition coefficient (Wildman–Crippen LogP) is 1.67. The fourth-order valence-electron chi connectivity index (χ4n) is 1.52. The van der Waals surface area contributed by atoms with E-state index in [0.29, 0.717) is 13.1 Å². The van der Waals surface area contributed by atoms with Crippen LogP contribution in [0.1, 0.15) is 13.8 Å². The van der Waals surface area contributed by atoms with E-state index in [4.69, 9.17) is 0 Å². The first-order chi connectivity index (χ1) is 8.84. The van der Waals surface area contributed by atoms with Gasteiger partial charge in [-0.25, -0.2) is 12.7 Å². The van der Waals surface area contributed by atoms with E-state index in [0.717, 1.165) is 0 Å². The molecule has 19 heavy (non-hydrogen) atoms. The summed E-state index contributed by atoms with van der Waals surface area (Å²) in [5, 5.41) is 13.6. The van der Waals surface area contributed by atoms with Gasteiger partial charge in [-0.2, -0.15) is 0 Å². The number of nitrogens with zero attached hydrogens (tertiary/aromatic N) is 2. The quantitative estimate of drug-likeness (QED) is 0.634. The number of nitro groups is 1. The fourth-order valence-corrected chi connectivity index (χ4v) is 2.85. The lowest BCUT2D eigenvalue weighted by molar-refractivity contribution is -0.384. The summed E-state index contributed by atoms with van der Waals surface area (Å²) < 4.78 is 25.7. The molecule has 0 atom stereocenters. The van der Waals surface area contributed by atoms with Crippen molar-refractivity contribution in [2.75, 3.05) is 25.5 Å². The third-order valence-corrected chi connectivity index (χ3v) is 4.67. The molecule has 7 nitrogen and oxygen atoms in total. The average molecular weight is 287 g/mol. The molecule has 0 unspecified atom stereocenters. The molecule has 0 fully saturated rings. The Morgan fingerprint density at radius 1 is 1.37 bits per heavy atom. The Balaban J connectivity index is 3.39. The van der Waals surface area contributed by atoms with Gasteiger partial charge in [-0.1, -0.05) is 6.92 Å². The Hall–Kier alpha value is -1.67. The van der Waals surface area contributed by atoms with Crippen LogP contribution in [0.5, 0.6) is 0 Å². The molecule has 0 aliphatic heterocycles. The van der Waals surface area contributed by atoms with Crippen molar-refractivity contribution < 1.29 is 13.3 Å². The maximum Gasteiger partial charge on any atom is 0.271 e. The molecular weight excluding hydrogens is 270 g/mol. The maximum atomic E-state index is 12.3. The van der Waals surface area contributed by atoms with Crippen LogP contribution in [0.15, 0.2) is 23.1 Å². The molecule has 1 aromatic rings. The Labute approximate surface area is 112 Å². The van der Waals surface area contributed by atoms with Crippen molar-refractivity contribution in [1.82, 2.24) is 4.31 Å². The van der Waals surface area contributed by atoms with Crippen LogP contribution in [0.4, 0.5) is 11.4 Å². The molecule has 0 amide bonds. The minimum atomic E-state index is -3.64. The smallest absolute Gasteiger partial charge is 0.271 e. The van der Waals surface area contributed by atoms with Gasteiger partial charge in [0.05, 0.1) is 10.6 Å². The zero-order valence-electron chi connectivity index (χ0n) is 11.1. The summed E-state index contributed by atoms with van der Waals surface area (Å²) >= 11 is 0. The monoisotopic (exact) mass is 287 g/mol. The van der Waals surface area contributed by atoms with Crippen molar-refractivity contribution in [3.05, 3.63) is 28.3 Å². The number of sulfonamides is 1. The molecule has 0 aromatic heterocycles. The number of benzene rings is 1. The average Bonchev–Trinajstić information content (AvgIpc) is 2.37. The van der Waals surface area contributed by atoms with E-state index in [1.165, 1.54) is 29.6 Å². The van der Waals surface area contributed by atoms with Crippen LogP contribution >= 0.6 is 0 Å². The summed E-state index contributed by atoms with van der Waals surface area (Å²) in [7, 11) is -2.17. The molecule has 8 heteroatoms. The minimum absolute atomic E-state index is 0.0456. The zero-order chi connectivity index (χ0) is 14.6. The molecule has 0 radical (unpaired) electrons. The Kier molecular flexibility index (Phi) is 4.84. The van der Waals surface area contributed by atoms with Crippen molar-refractivity contribution in [2.45, 2.75) is 18.7 Å². The van der Waals surface area contributed by atoms with Gasteiger partial charge in [0.15, 0.2) is 0 Å². The molecule has 0 heterocycles. The first kappa shape index (κ1) is 15.4. The van der Waals surface area contributed by atoms with Gasteiger partial charge in [0, 0.05) is 32.3 Å². The van der Waals surface area contributed by atoms with E-state index < -0.39 is 14.9 Å². The van der Waals surface area contributed by atoms with Gasteiger partial charge in [-0.3, -0.25) is 10.1 Å². The van der Waals surface area contributed by atoms with Crippen molar-refractivity contribution >= 4 is 21.4 Å². The van der Waals surface area contributed by atoms with Crippen LogP contribution in [-0.2, 0) is 10.0 Å². The summed E-state index contributed by atoms with van der Waals surface area (Å²) in [5.74, 6) is 0. The van der Waals surface area contributed by atoms with Crippen molar-refractivity contribution in [3.8, 4) is 0 Å². The Morgan fingerprint density at radius 2 is 2.00 bits per heavy atom. The van der Waals surface area contributed by atoms with Crippen molar-refractivity contribution in [3.63, 3.8) is 0 Å². The molecule has 1 rings (SSSR count). The highest BCUT2D eigenvalue weighted by Gasteiger charge is 2.24. The topological polar surface area (TPSA) is 92.5 Å².